The molecular weight excluding hydrogens is 525 g/mol. The summed E-state index contributed by atoms with van der Waals surface area (Å²) in [6, 6.07) is 27.6. The zero-order valence-electron chi connectivity index (χ0n) is 13.6. The Morgan fingerprint density at radius 3 is 2.35 bits per heavy atom. The van der Waals surface area contributed by atoms with Gasteiger partial charge >= 0.3 is 0 Å². The maximum Gasteiger partial charge on any atom is 0.205 e. The Morgan fingerprint density at radius 1 is 0.885 bits per heavy atom. The molecule has 4 aromatic rings. The van der Waals surface area contributed by atoms with E-state index in [0.717, 1.165) is 22.2 Å². The minimum atomic E-state index is -2.00. The van der Waals surface area contributed by atoms with Gasteiger partial charge in [-0.15, -0.1) is 35.9 Å². The van der Waals surface area contributed by atoms with Crippen LogP contribution in [0.25, 0.3) is 22.2 Å². The Labute approximate surface area is 168 Å². The van der Waals surface area contributed by atoms with Crippen molar-refractivity contribution in [1.29, 1.82) is 0 Å². The van der Waals surface area contributed by atoms with Crippen LogP contribution in [0.3, 0.4) is 0 Å². The smallest absolute Gasteiger partial charge is 0.205 e. The average Bonchev–Trinajstić information content (AvgIpc) is 2.69. The first-order valence-corrected chi connectivity index (χ1v) is 8.69. The second kappa shape index (κ2) is 10.0. The molecule has 0 spiro atoms. The van der Waals surface area contributed by atoms with Crippen molar-refractivity contribution in [2.24, 2.45) is 0 Å². The molecule has 0 amide bonds. The van der Waals surface area contributed by atoms with Gasteiger partial charge in [0, 0.05) is 31.7 Å². The van der Waals surface area contributed by atoms with E-state index >= 15 is 0 Å². The SMILES string of the molecule is O=S(O)c1ccc2ccccc2n1.[Ir].[c-]1ccccc1-c1ccccn1. The van der Waals surface area contributed by atoms with Gasteiger partial charge in [-0.1, -0.05) is 30.3 Å². The van der Waals surface area contributed by atoms with E-state index in [-0.39, 0.29) is 25.1 Å². The first kappa shape index (κ1) is 20.1. The van der Waals surface area contributed by atoms with Crippen molar-refractivity contribution < 1.29 is 28.9 Å². The monoisotopic (exact) mass is 540 g/mol. The van der Waals surface area contributed by atoms with Crippen molar-refractivity contribution in [3.05, 3.63) is 91.1 Å². The second-order valence-corrected chi connectivity index (χ2v) is 6.00. The van der Waals surface area contributed by atoms with Gasteiger partial charge in [0.25, 0.3) is 0 Å². The molecule has 4 rings (SSSR count). The average molecular weight is 540 g/mol. The first-order valence-electron chi connectivity index (χ1n) is 7.59. The summed E-state index contributed by atoms with van der Waals surface area (Å²) in [7, 11) is 0. The van der Waals surface area contributed by atoms with Crippen LogP contribution in [-0.4, -0.2) is 18.7 Å². The molecule has 26 heavy (non-hydrogen) atoms. The van der Waals surface area contributed by atoms with Crippen LogP contribution in [0.15, 0.2) is 90.1 Å². The van der Waals surface area contributed by atoms with Crippen LogP contribution in [0.2, 0.25) is 0 Å². The Kier molecular flexibility index (Phi) is 7.75. The van der Waals surface area contributed by atoms with Crippen molar-refractivity contribution in [3.8, 4) is 11.3 Å². The minimum absolute atomic E-state index is 0. The van der Waals surface area contributed by atoms with E-state index in [9.17, 15) is 4.21 Å². The Morgan fingerprint density at radius 2 is 1.65 bits per heavy atom. The summed E-state index contributed by atoms with van der Waals surface area (Å²) >= 11 is -2.00. The zero-order valence-corrected chi connectivity index (χ0v) is 16.8. The summed E-state index contributed by atoms with van der Waals surface area (Å²) in [6.45, 7) is 0. The summed E-state index contributed by atoms with van der Waals surface area (Å²) < 4.78 is 19.5. The molecule has 0 fully saturated rings. The van der Waals surface area contributed by atoms with Gasteiger partial charge in [-0.3, -0.25) is 0 Å². The van der Waals surface area contributed by atoms with E-state index in [1.165, 1.54) is 0 Å². The molecule has 0 aliphatic carbocycles. The van der Waals surface area contributed by atoms with E-state index in [2.05, 4.69) is 16.0 Å². The summed E-state index contributed by atoms with van der Waals surface area (Å²) in [5, 5.41) is 1.16. The quantitative estimate of drug-likeness (QED) is 0.304. The third-order valence-electron chi connectivity index (χ3n) is 3.40. The van der Waals surface area contributed by atoms with Crippen molar-refractivity contribution in [1.82, 2.24) is 9.97 Å². The number of nitrogens with zero attached hydrogens (tertiary/aromatic N) is 2. The van der Waals surface area contributed by atoms with Crippen LogP contribution < -0.4 is 0 Å². The largest absolute Gasteiger partial charge is 0.305 e. The standard InChI is InChI=1S/C11H8N.C9H7NO2S.Ir/c1-2-6-10(7-3-1)11-8-4-5-9-12-11;11-13(12)9-6-5-7-3-1-2-4-8(7)10-9;/h1-6,8-9H;1-6H,(H,11,12);/q-1;;. The van der Waals surface area contributed by atoms with Crippen molar-refractivity contribution in [2.75, 3.05) is 0 Å². The van der Waals surface area contributed by atoms with Crippen molar-refractivity contribution >= 4 is 22.0 Å². The maximum atomic E-state index is 10.7. The minimum Gasteiger partial charge on any atom is -0.305 e. The third-order valence-corrected chi connectivity index (χ3v) is 3.99. The van der Waals surface area contributed by atoms with Gasteiger partial charge in [0.2, 0.25) is 11.1 Å². The second-order valence-electron chi connectivity index (χ2n) is 5.08. The molecule has 1 unspecified atom stereocenters. The Hall–Kier alpha value is -2.24. The van der Waals surface area contributed by atoms with Crippen LogP contribution in [0, 0.1) is 6.07 Å². The fourth-order valence-electron chi connectivity index (χ4n) is 2.22. The molecule has 1 atom stereocenters. The number of rotatable bonds is 2. The molecular formula is C20H15IrN2O2S-. The predicted octanol–water partition coefficient (Wildman–Crippen LogP) is 4.36. The van der Waals surface area contributed by atoms with Gasteiger partial charge in [-0.2, -0.15) is 0 Å². The van der Waals surface area contributed by atoms with Gasteiger partial charge < -0.3 is 9.54 Å². The van der Waals surface area contributed by atoms with Crippen molar-refractivity contribution in [2.45, 2.75) is 5.03 Å². The number of aromatic nitrogens is 2. The third kappa shape index (κ3) is 5.38. The Bertz CT molecular complexity index is 945. The molecule has 2 heterocycles. The molecule has 4 nitrogen and oxygen atoms in total. The molecule has 2 aromatic heterocycles. The molecule has 0 saturated heterocycles. The number of hydrogen-bond acceptors (Lipinski definition) is 3. The van der Waals surface area contributed by atoms with Crippen LogP contribution in [0.5, 0.6) is 0 Å². The van der Waals surface area contributed by atoms with Gasteiger partial charge in [0.15, 0.2) is 5.03 Å². The zero-order chi connectivity index (χ0) is 17.5. The topological polar surface area (TPSA) is 63.1 Å². The molecule has 0 aliphatic rings. The summed E-state index contributed by atoms with van der Waals surface area (Å²) in [6.07, 6.45) is 1.79. The molecule has 1 radical (unpaired) electrons. The number of hydrogen-bond donors (Lipinski definition) is 1. The molecule has 2 aromatic carbocycles. The van der Waals surface area contributed by atoms with Crippen LogP contribution in [0.4, 0.5) is 0 Å². The molecule has 1 N–H and O–H groups in total. The van der Waals surface area contributed by atoms with Gasteiger partial charge in [0.1, 0.15) is 0 Å². The van der Waals surface area contributed by atoms with E-state index < -0.39 is 11.1 Å². The Balaban J connectivity index is 0.000000180. The first-order chi connectivity index (χ1) is 12.2. The molecule has 0 bridgehead atoms. The van der Waals surface area contributed by atoms with E-state index in [4.69, 9.17) is 4.55 Å². The number of pyridine rings is 2. The normalized spacial score (nSPS) is 11.0. The van der Waals surface area contributed by atoms with Gasteiger partial charge in [-0.05, 0) is 30.0 Å². The van der Waals surface area contributed by atoms with E-state index in [1.54, 1.807) is 18.3 Å². The number of para-hydroxylation sites is 1. The van der Waals surface area contributed by atoms with E-state index in [0.29, 0.717) is 0 Å². The summed E-state index contributed by atoms with van der Waals surface area (Å²) in [5.41, 5.74) is 2.75. The van der Waals surface area contributed by atoms with E-state index in [1.807, 2.05) is 66.7 Å². The maximum absolute atomic E-state index is 10.7. The van der Waals surface area contributed by atoms with Gasteiger partial charge in [-0.25, -0.2) is 9.19 Å². The van der Waals surface area contributed by atoms with Crippen molar-refractivity contribution in [3.63, 3.8) is 0 Å². The fraction of sp³-hybridized carbons (Fsp3) is 0. The summed E-state index contributed by atoms with van der Waals surface area (Å²) in [4.78, 5) is 8.24. The summed E-state index contributed by atoms with van der Waals surface area (Å²) in [5.74, 6) is 0. The molecule has 6 heteroatoms. The number of benzene rings is 2. The van der Waals surface area contributed by atoms with Crippen LogP contribution in [0.1, 0.15) is 0 Å². The molecule has 0 aliphatic heterocycles. The van der Waals surface area contributed by atoms with Gasteiger partial charge in [0.05, 0.1) is 5.52 Å². The molecule has 0 saturated carbocycles. The predicted molar refractivity (Wildman–Crippen MR) is 99.3 cm³/mol. The van der Waals surface area contributed by atoms with Crippen LogP contribution >= 0.6 is 0 Å². The fourth-order valence-corrected chi connectivity index (χ4v) is 2.58. The number of fused-ring (bicyclic) bond motifs is 1. The van der Waals surface area contributed by atoms with Crippen LogP contribution in [-0.2, 0) is 31.2 Å². The molecule has 133 valence electrons.